The summed E-state index contributed by atoms with van der Waals surface area (Å²) in [6.07, 6.45) is 1.07. The fraction of sp³-hybridized carbons (Fsp3) is 0.682. The van der Waals surface area contributed by atoms with Crippen LogP contribution in [0.3, 0.4) is 0 Å². The van der Waals surface area contributed by atoms with Crippen molar-refractivity contribution in [3.63, 3.8) is 0 Å². The quantitative estimate of drug-likeness (QED) is 0.651. The van der Waals surface area contributed by atoms with Crippen molar-refractivity contribution < 1.29 is 22.7 Å². The molecule has 5 aliphatic heterocycles. The first-order valence-electron chi connectivity index (χ1n) is 11.1. The maximum Gasteiger partial charge on any atom is 0.320 e. The van der Waals surface area contributed by atoms with Gasteiger partial charge in [-0.15, -0.1) is 0 Å². The highest BCUT2D eigenvalue weighted by atomic mass is 32.2. The maximum atomic E-state index is 13.3. The Morgan fingerprint density at radius 3 is 2.45 bits per heavy atom. The van der Waals surface area contributed by atoms with Gasteiger partial charge in [0.25, 0.3) is 0 Å². The number of ether oxygens (including phenoxy) is 2. The van der Waals surface area contributed by atoms with Crippen LogP contribution in [0.4, 0.5) is 10.5 Å². The molecular formula is C22H31N3O5S. The van der Waals surface area contributed by atoms with Crippen molar-refractivity contribution in [3.05, 3.63) is 18.2 Å². The number of carbonyl (C=O) groups excluding carboxylic acids is 1. The predicted octanol–water partition coefficient (Wildman–Crippen LogP) is 1.84. The van der Waals surface area contributed by atoms with Gasteiger partial charge in [-0.25, -0.2) is 13.2 Å². The highest BCUT2D eigenvalue weighted by Gasteiger charge is 2.47. The molecule has 5 heterocycles. The van der Waals surface area contributed by atoms with E-state index in [0.717, 1.165) is 30.2 Å². The van der Waals surface area contributed by atoms with Crippen LogP contribution < -0.4 is 14.4 Å². The lowest BCUT2D eigenvalue weighted by Crippen LogP contribution is -2.55. The van der Waals surface area contributed by atoms with Crippen LogP contribution in [0.5, 0.6) is 11.5 Å². The Labute approximate surface area is 184 Å². The zero-order valence-corrected chi connectivity index (χ0v) is 19.1. The molecule has 2 bridgehead atoms. The molecule has 0 radical (unpaired) electrons. The summed E-state index contributed by atoms with van der Waals surface area (Å²) in [6.45, 7) is 8.54. The van der Waals surface area contributed by atoms with Crippen molar-refractivity contribution in [1.82, 2.24) is 9.80 Å². The van der Waals surface area contributed by atoms with Crippen LogP contribution in [0.15, 0.2) is 18.2 Å². The first-order chi connectivity index (χ1) is 14.7. The van der Waals surface area contributed by atoms with Gasteiger partial charge < -0.3 is 24.2 Å². The SMILES string of the molecule is CC1(C)C[C@@H]2CN(C(=O)N3CCS(=O)(=O)CC3)C[C@H]1N(c1ccc3c(c1)OCCO3)C2. The third kappa shape index (κ3) is 3.92. The molecule has 9 heteroatoms. The number of piperidine rings is 1. The molecule has 0 saturated carbocycles. The fourth-order valence-electron chi connectivity index (χ4n) is 5.59. The molecule has 0 spiro atoms. The lowest BCUT2D eigenvalue weighted by molar-refractivity contribution is 0.153. The molecule has 170 valence electrons. The van der Waals surface area contributed by atoms with E-state index in [-0.39, 0.29) is 29.0 Å². The van der Waals surface area contributed by atoms with Gasteiger partial charge in [0.15, 0.2) is 21.3 Å². The Morgan fingerprint density at radius 2 is 1.71 bits per heavy atom. The second-order valence-corrected chi connectivity index (χ2v) is 12.2. The van der Waals surface area contributed by atoms with Crippen molar-refractivity contribution in [2.45, 2.75) is 26.3 Å². The number of sulfone groups is 1. The number of fused-ring (bicyclic) bond motifs is 5. The lowest BCUT2D eigenvalue weighted by atomic mass is 9.73. The minimum atomic E-state index is -3.01. The zero-order chi connectivity index (χ0) is 21.8. The summed E-state index contributed by atoms with van der Waals surface area (Å²) >= 11 is 0. The van der Waals surface area contributed by atoms with Crippen molar-refractivity contribution in [1.29, 1.82) is 0 Å². The highest BCUT2D eigenvalue weighted by Crippen LogP contribution is 2.45. The predicted molar refractivity (Wildman–Crippen MR) is 118 cm³/mol. The van der Waals surface area contributed by atoms with Crippen molar-refractivity contribution in [2.24, 2.45) is 11.3 Å². The Bertz CT molecular complexity index is 965. The summed E-state index contributed by atoms with van der Waals surface area (Å²) in [5, 5.41) is 0. The van der Waals surface area contributed by atoms with E-state index >= 15 is 0 Å². The molecule has 4 saturated heterocycles. The van der Waals surface area contributed by atoms with E-state index in [1.165, 1.54) is 0 Å². The zero-order valence-electron chi connectivity index (χ0n) is 18.2. The Balaban J connectivity index is 1.39. The number of urea groups is 1. The van der Waals surface area contributed by atoms with E-state index in [2.05, 4.69) is 30.9 Å². The number of carbonyl (C=O) groups is 1. The largest absolute Gasteiger partial charge is 0.486 e. The minimum Gasteiger partial charge on any atom is -0.486 e. The topological polar surface area (TPSA) is 79.4 Å². The van der Waals surface area contributed by atoms with Gasteiger partial charge in [-0.2, -0.15) is 0 Å². The Morgan fingerprint density at radius 1 is 1.00 bits per heavy atom. The van der Waals surface area contributed by atoms with Gasteiger partial charge in [0.2, 0.25) is 0 Å². The van der Waals surface area contributed by atoms with Crippen molar-refractivity contribution >= 4 is 21.6 Å². The van der Waals surface area contributed by atoms with Crippen LogP contribution in [0, 0.1) is 11.3 Å². The van der Waals surface area contributed by atoms with Gasteiger partial charge >= 0.3 is 6.03 Å². The lowest BCUT2D eigenvalue weighted by Gasteiger charge is -2.48. The Hall–Kier alpha value is -2.16. The molecule has 8 nitrogen and oxygen atoms in total. The smallest absolute Gasteiger partial charge is 0.320 e. The van der Waals surface area contributed by atoms with E-state index in [0.29, 0.717) is 45.3 Å². The van der Waals surface area contributed by atoms with E-state index < -0.39 is 9.84 Å². The van der Waals surface area contributed by atoms with Crippen LogP contribution in [-0.4, -0.2) is 87.7 Å². The summed E-state index contributed by atoms with van der Waals surface area (Å²) in [6, 6.07) is 6.28. The number of hydrogen-bond acceptors (Lipinski definition) is 6. The maximum absolute atomic E-state index is 13.3. The standard InChI is InChI=1S/C22H31N3O5S/c1-22(2)12-16-13-24(21(26)23-5-9-31(27,28)10-6-23)15-20(22)25(14-16)17-3-4-18-19(11-17)30-8-7-29-18/h3-4,11,16,20H,5-10,12-15H2,1-2H3/t16-,20-/m1/s1. The van der Waals surface area contributed by atoms with E-state index in [1.807, 2.05) is 11.0 Å². The molecule has 2 atom stereocenters. The summed E-state index contributed by atoms with van der Waals surface area (Å²) in [4.78, 5) is 19.4. The third-order valence-corrected chi connectivity index (χ3v) is 8.77. The van der Waals surface area contributed by atoms with Gasteiger partial charge in [0, 0.05) is 44.5 Å². The normalized spacial score (nSPS) is 28.9. The highest BCUT2D eigenvalue weighted by molar-refractivity contribution is 7.91. The number of rotatable bonds is 1. The van der Waals surface area contributed by atoms with Crippen molar-refractivity contribution in [2.75, 3.05) is 62.3 Å². The fourth-order valence-corrected chi connectivity index (χ4v) is 6.79. The van der Waals surface area contributed by atoms with Gasteiger partial charge in [0.05, 0.1) is 17.5 Å². The van der Waals surface area contributed by atoms with Crippen LogP contribution in [0.25, 0.3) is 0 Å². The van der Waals surface area contributed by atoms with Gasteiger partial charge in [-0.1, -0.05) is 13.8 Å². The molecule has 0 aliphatic carbocycles. The number of hydrogen-bond donors (Lipinski definition) is 0. The monoisotopic (exact) mass is 449 g/mol. The molecule has 6 rings (SSSR count). The second kappa shape index (κ2) is 7.46. The number of amides is 2. The molecule has 0 aromatic heterocycles. The van der Waals surface area contributed by atoms with E-state index in [9.17, 15) is 13.2 Å². The van der Waals surface area contributed by atoms with Crippen LogP contribution in [-0.2, 0) is 9.84 Å². The molecule has 1 aromatic rings. The molecule has 31 heavy (non-hydrogen) atoms. The molecule has 1 aromatic carbocycles. The molecule has 5 aliphatic rings. The Kier molecular flexibility index (Phi) is 4.99. The minimum absolute atomic E-state index is 0.0216. The van der Waals surface area contributed by atoms with Gasteiger partial charge in [-0.05, 0) is 29.9 Å². The number of benzene rings is 1. The third-order valence-electron chi connectivity index (χ3n) is 7.16. The average molecular weight is 450 g/mol. The number of anilines is 1. The molecule has 2 amide bonds. The van der Waals surface area contributed by atoms with E-state index in [4.69, 9.17) is 9.47 Å². The molecule has 0 N–H and O–H groups in total. The summed E-state index contributed by atoms with van der Waals surface area (Å²) in [5.74, 6) is 2.05. The van der Waals surface area contributed by atoms with Crippen LogP contribution in [0.2, 0.25) is 0 Å². The second-order valence-electron chi connectivity index (χ2n) is 9.88. The first kappa shape index (κ1) is 20.7. The van der Waals surface area contributed by atoms with Crippen molar-refractivity contribution in [3.8, 4) is 11.5 Å². The summed E-state index contributed by atoms with van der Waals surface area (Å²) in [5.41, 5.74) is 1.15. The van der Waals surface area contributed by atoms with Crippen LogP contribution >= 0.6 is 0 Å². The first-order valence-corrected chi connectivity index (χ1v) is 12.9. The van der Waals surface area contributed by atoms with E-state index in [1.54, 1.807) is 4.90 Å². The molecule has 4 fully saturated rings. The van der Waals surface area contributed by atoms with Gasteiger partial charge in [0.1, 0.15) is 13.2 Å². The summed E-state index contributed by atoms with van der Waals surface area (Å²) in [7, 11) is -3.01. The summed E-state index contributed by atoms with van der Waals surface area (Å²) < 4.78 is 35.0. The van der Waals surface area contributed by atoms with Gasteiger partial charge in [-0.3, -0.25) is 0 Å². The molecule has 0 unspecified atom stereocenters. The average Bonchev–Trinajstić information content (AvgIpc) is 3.00. The molecular weight excluding hydrogens is 418 g/mol. The number of nitrogens with zero attached hydrogens (tertiary/aromatic N) is 3. The van der Waals surface area contributed by atoms with Crippen LogP contribution in [0.1, 0.15) is 20.3 Å².